The van der Waals surface area contributed by atoms with Gasteiger partial charge in [0.15, 0.2) is 5.13 Å². The molecule has 1 aliphatic heterocycles. The topological polar surface area (TPSA) is 64.1 Å². The Hall–Kier alpha value is -1.05. The predicted octanol–water partition coefficient (Wildman–Crippen LogP) is 3.99. The van der Waals surface area contributed by atoms with Crippen LogP contribution in [0.4, 0.5) is 5.13 Å². The van der Waals surface area contributed by atoms with Gasteiger partial charge in [-0.25, -0.2) is 9.97 Å². The average molecular weight is 384 g/mol. The molecule has 1 aliphatic rings. The number of nitrogens with one attached hydrogen (secondary N) is 1. The van der Waals surface area contributed by atoms with E-state index in [1.165, 1.54) is 11.3 Å². The molecule has 118 valence electrons. The second kappa shape index (κ2) is 5.25. The molecule has 0 bridgehead atoms. The number of halogens is 1. The summed E-state index contributed by atoms with van der Waals surface area (Å²) in [5.74, 6) is -0.247. The lowest BCUT2D eigenvalue weighted by molar-refractivity contribution is -0.126. The van der Waals surface area contributed by atoms with Gasteiger partial charge in [-0.05, 0) is 62.2 Å². The molecule has 1 saturated heterocycles. The molecule has 22 heavy (non-hydrogen) atoms. The molecular formula is C15H18BrN3O2S. The summed E-state index contributed by atoms with van der Waals surface area (Å²) in [7, 11) is 0. The summed E-state index contributed by atoms with van der Waals surface area (Å²) in [4.78, 5) is 22.2. The van der Waals surface area contributed by atoms with Gasteiger partial charge in [-0.15, -0.1) is 0 Å². The standard InChI is InChI=1S/C15H18BrN3O2S/c1-14(2)7-8(15(3,4)21-14)11(20)19-13-17-9-5-6-10(16)18-12(9)22-13/h5-6,8H,7H2,1-4H3,(H,17,19,20). The lowest BCUT2D eigenvalue weighted by Crippen LogP contribution is -2.36. The summed E-state index contributed by atoms with van der Waals surface area (Å²) in [5.41, 5.74) is 0.0163. The van der Waals surface area contributed by atoms with E-state index in [9.17, 15) is 4.79 Å². The van der Waals surface area contributed by atoms with Crippen LogP contribution in [0, 0.1) is 5.92 Å². The quantitative estimate of drug-likeness (QED) is 0.796. The van der Waals surface area contributed by atoms with Gasteiger partial charge in [0.05, 0.1) is 17.1 Å². The molecule has 1 N–H and O–H groups in total. The van der Waals surface area contributed by atoms with Crippen molar-refractivity contribution in [2.24, 2.45) is 5.92 Å². The van der Waals surface area contributed by atoms with E-state index < -0.39 is 5.60 Å². The summed E-state index contributed by atoms with van der Waals surface area (Å²) in [6.45, 7) is 7.95. The van der Waals surface area contributed by atoms with Crippen molar-refractivity contribution in [3.63, 3.8) is 0 Å². The van der Waals surface area contributed by atoms with Crippen LogP contribution in [-0.4, -0.2) is 27.1 Å². The van der Waals surface area contributed by atoms with Crippen molar-refractivity contribution >= 4 is 48.7 Å². The van der Waals surface area contributed by atoms with Crippen LogP contribution in [0.25, 0.3) is 10.3 Å². The van der Waals surface area contributed by atoms with Crippen LogP contribution in [0.1, 0.15) is 34.1 Å². The third-order valence-electron chi connectivity index (χ3n) is 3.84. The molecule has 1 fully saturated rings. The first-order valence-corrected chi connectivity index (χ1v) is 8.71. The van der Waals surface area contributed by atoms with Crippen molar-refractivity contribution < 1.29 is 9.53 Å². The lowest BCUT2D eigenvalue weighted by Gasteiger charge is -2.26. The van der Waals surface area contributed by atoms with Gasteiger partial charge in [-0.2, -0.15) is 0 Å². The number of aromatic nitrogens is 2. The number of hydrogen-bond acceptors (Lipinski definition) is 5. The third-order valence-corrected chi connectivity index (χ3v) is 5.16. The van der Waals surface area contributed by atoms with Crippen LogP contribution < -0.4 is 5.32 Å². The van der Waals surface area contributed by atoms with Crippen LogP contribution >= 0.6 is 27.3 Å². The minimum absolute atomic E-state index is 0.0475. The van der Waals surface area contributed by atoms with E-state index in [2.05, 4.69) is 31.2 Å². The highest BCUT2D eigenvalue weighted by Gasteiger charge is 2.49. The van der Waals surface area contributed by atoms with Gasteiger partial charge < -0.3 is 10.1 Å². The van der Waals surface area contributed by atoms with E-state index in [4.69, 9.17) is 4.74 Å². The number of carbonyl (C=O) groups excluding carboxylic acids is 1. The van der Waals surface area contributed by atoms with Crippen LogP contribution in [0.5, 0.6) is 0 Å². The van der Waals surface area contributed by atoms with Gasteiger partial charge in [0, 0.05) is 0 Å². The second-order valence-corrected chi connectivity index (χ2v) is 8.48. The van der Waals surface area contributed by atoms with E-state index >= 15 is 0 Å². The van der Waals surface area contributed by atoms with Crippen LogP contribution in [0.15, 0.2) is 16.7 Å². The number of hydrogen-bond donors (Lipinski definition) is 1. The number of amides is 1. The fourth-order valence-corrected chi connectivity index (χ4v) is 4.28. The molecule has 1 amide bonds. The number of fused-ring (bicyclic) bond motifs is 1. The summed E-state index contributed by atoms with van der Waals surface area (Å²) < 4.78 is 6.74. The minimum atomic E-state index is -0.481. The molecule has 3 heterocycles. The van der Waals surface area contributed by atoms with Crippen molar-refractivity contribution in [2.75, 3.05) is 5.32 Å². The van der Waals surface area contributed by atoms with Crippen molar-refractivity contribution in [1.82, 2.24) is 9.97 Å². The van der Waals surface area contributed by atoms with Gasteiger partial charge in [-0.3, -0.25) is 4.79 Å². The number of pyridine rings is 1. The Bertz CT molecular complexity index is 741. The fourth-order valence-electron chi connectivity index (χ4n) is 3.01. The first kappa shape index (κ1) is 15.8. The summed E-state index contributed by atoms with van der Waals surface area (Å²) in [6.07, 6.45) is 0.695. The second-order valence-electron chi connectivity index (χ2n) is 6.69. The molecule has 3 rings (SSSR count). The first-order valence-electron chi connectivity index (χ1n) is 7.10. The number of rotatable bonds is 2. The van der Waals surface area contributed by atoms with E-state index in [0.717, 1.165) is 15.0 Å². The smallest absolute Gasteiger partial charge is 0.232 e. The molecule has 7 heteroatoms. The average Bonchev–Trinajstić information content (AvgIpc) is 2.85. The zero-order valence-electron chi connectivity index (χ0n) is 12.9. The molecule has 0 spiro atoms. The van der Waals surface area contributed by atoms with E-state index in [0.29, 0.717) is 11.6 Å². The van der Waals surface area contributed by atoms with Crippen LogP contribution in [0.2, 0.25) is 0 Å². The summed E-state index contributed by atoms with van der Waals surface area (Å²) in [6, 6.07) is 3.72. The monoisotopic (exact) mass is 383 g/mol. The number of thiazole rings is 1. The number of carbonyl (C=O) groups is 1. The zero-order chi connectivity index (χ0) is 16.1. The van der Waals surface area contributed by atoms with Gasteiger partial charge in [0.1, 0.15) is 15.0 Å². The maximum absolute atomic E-state index is 12.6. The Kier molecular flexibility index (Phi) is 3.78. The predicted molar refractivity (Wildman–Crippen MR) is 91.1 cm³/mol. The molecular weight excluding hydrogens is 366 g/mol. The highest BCUT2D eigenvalue weighted by molar-refractivity contribution is 9.10. The normalized spacial score (nSPS) is 22.9. The highest BCUT2D eigenvalue weighted by Crippen LogP contribution is 2.42. The fraction of sp³-hybridized carbons (Fsp3) is 0.533. The van der Waals surface area contributed by atoms with E-state index in [1.807, 2.05) is 39.8 Å². The number of anilines is 1. The Morgan fingerprint density at radius 2 is 2.09 bits per heavy atom. The van der Waals surface area contributed by atoms with Crippen molar-refractivity contribution in [1.29, 1.82) is 0 Å². The van der Waals surface area contributed by atoms with Crippen molar-refractivity contribution in [3.05, 3.63) is 16.7 Å². The van der Waals surface area contributed by atoms with Gasteiger partial charge >= 0.3 is 0 Å². The van der Waals surface area contributed by atoms with Crippen molar-refractivity contribution in [3.8, 4) is 0 Å². The van der Waals surface area contributed by atoms with Gasteiger partial charge in [0.25, 0.3) is 0 Å². The molecule has 1 unspecified atom stereocenters. The molecule has 2 aromatic heterocycles. The first-order chi connectivity index (χ1) is 10.2. The number of nitrogens with zero attached hydrogens (tertiary/aromatic N) is 2. The maximum Gasteiger partial charge on any atom is 0.232 e. The molecule has 5 nitrogen and oxygen atoms in total. The Morgan fingerprint density at radius 1 is 1.36 bits per heavy atom. The molecule has 0 saturated carbocycles. The molecule has 0 aliphatic carbocycles. The van der Waals surface area contributed by atoms with Crippen LogP contribution in [-0.2, 0) is 9.53 Å². The van der Waals surface area contributed by atoms with Crippen LogP contribution in [0.3, 0.4) is 0 Å². The Labute approximate surface area is 141 Å². The molecule has 0 aromatic carbocycles. The molecule has 1 atom stereocenters. The Morgan fingerprint density at radius 3 is 2.73 bits per heavy atom. The maximum atomic E-state index is 12.6. The minimum Gasteiger partial charge on any atom is -0.369 e. The molecule has 0 radical (unpaired) electrons. The summed E-state index contributed by atoms with van der Waals surface area (Å²) in [5, 5.41) is 3.49. The molecule has 2 aromatic rings. The van der Waals surface area contributed by atoms with Crippen molar-refractivity contribution in [2.45, 2.75) is 45.3 Å². The number of ether oxygens (including phenoxy) is 1. The highest BCUT2D eigenvalue weighted by atomic mass is 79.9. The third kappa shape index (κ3) is 3.02. The van der Waals surface area contributed by atoms with E-state index in [1.54, 1.807) is 0 Å². The largest absolute Gasteiger partial charge is 0.369 e. The SMILES string of the molecule is CC1(C)CC(C(=O)Nc2nc3ccc(Br)nc3s2)C(C)(C)O1. The lowest BCUT2D eigenvalue weighted by atomic mass is 9.87. The zero-order valence-corrected chi connectivity index (χ0v) is 15.3. The summed E-state index contributed by atoms with van der Waals surface area (Å²) >= 11 is 4.71. The van der Waals surface area contributed by atoms with E-state index in [-0.39, 0.29) is 17.4 Å². The van der Waals surface area contributed by atoms with Gasteiger partial charge in [0.2, 0.25) is 5.91 Å². The Balaban J connectivity index is 1.81. The van der Waals surface area contributed by atoms with Gasteiger partial charge in [-0.1, -0.05) is 11.3 Å².